The Morgan fingerprint density at radius 1 is 1.73 bits per heavy atom. The number of hydrogen-bond donors (Lipinski definition) is 2. The minimum absolute atomic E-state index is 0.378. The fraction of sp³-hybridized carbons (Fsp3) is 0.600. The highest BCUT2D eigenvalue weighted by molar-refractivity contribution is 7.13. The van der Waals surface area contributed by atoms with E-state index in [4.69, 9.17) is 5.11 Å². The van der Waals surface area contributed by atoms with Gasteiger partial charge in [-0.15, -0.1) is 11.3 Å². The second-order valence-electron chi connectivity index (χ2n) is 3.82. The van der Waals surface area contributed by atoms with E-state index in [0.717, 1.165) is 18.0 Å². The molecule has 82 valence electrons. The number of aromatic nitrogens is 1. The molecule has 4 nitrogen and oxygen atoms in total. The first kappa shape index (κ1) is 10.6. The van der Waals surface area contributed by atoms with Crippen molar-refractivity contribution in [2.45, 2.75) is 32.2 Å². The summed E-state index contributed by atoms with van der Waals surface area (Å²) in [6.07, 6.45) is 3.24. The molecular weight excluding hydrogens is 212 g/mol. The largest absolute Gasteiger partial charge is 0.477 e. The third-order valence-corrected chi connectivity index (χ3v) is 3.79. The van der Waals surface area contributed by atoms with Crippen LogP contribution >= 0.6 is 11.3 Å². The molecule has 1 fully saturated rings. The lowest BCUT2D eigenvalue weighted by Gasteiger charge is -2.05. The molecule has 0 aromatic carbocycles. The van der Waals surface area contributed by atoms with Gasteiger partial charge >= 0.3 is 5.97 Å². The van der Waals surface area contributed by atoms with Gasteiger partial charge in [0.1, 0.15) is 4.88 Å². The number of carboxylic acids is 1. The number of hydrogen-bond acceptors (Lipinski definition) is 4. The Bertz CT molecular complexity index is 369. The van der Waals surface area contributed by atoms with Gasteiger partial charge in [0.15, 0.2) is 0 Å². The molecule has 1 aliphatic heterocycles. The molecule has 0 saturated carbocycles. The Morgan fingerprint density at radius 2 is 2.53 bits per heavy atom. The van der Waals surface area contributed by atoms with Crippen molar-refractivity contribution in [2.75, 3.05) is 6.54 Å². The van der Waals surface area contributed by atoms with Gasteiger partial charge in [-0.1, -0.05) is 0 Å². The van der Waals surface area contributed by atoms with E-state index in [2.05, 4.69) is 10.3 Å². The molecule has 0 bridgehead atoms. The van der Waals surface area contributed by atoms with Crippen LogP contribution in [0.3, 0.4) is 0 Å². The summed E-state index contributed by atoms with van der Waals surface area (Å²) in [5.41, 5.74) is 0.639. The summed E-state index contributed by atoms with van der Waals surface area (Å²) in [7, 11) is 0. The molecular formula is C10H14N2O2S. The molecule has 2 rings (SSSR count). The molecule has 0 radical (unpaired) electrons. The maximum Gasteiger partial charge on any atom is 0.347 e. The Morgan fingerprint density at radius 3 is 3.07 bits per heavy atom. The van der Waals surface area contributed by atoms with Crippen LogP contribution in [0.15, 0.2) is 0 Å². The lowest BCUT2D eigenvalue weighted by atomic mass is 10.2. The van der Waals surface area contributed by atoms with Crippen molar-refractivity contribution in [3.05, 3.63) is 15.6 Å². The molecule has 1 aromatic heterocycles. The highest BCUT2D eigenvalue weighted by Crippen LogP contribution is 2.21. The van der Waals surface area contributed by atoms with Crippen LogP contribution in [0.25, 0.3) is 0 Å². The molecule has 1 aliphatic rings. The van der Waals surface area contributed by atoms with Crippen molar-refractivity contribution in [1.82, 2.24) is 10.3 Å². The van der Waals surface area contributed by atoms with Gasteiger partial charge < -0.3 is 10.4 Å². The van der Waals surface area contributed by atoms with Crippen molar-refractivity contribution in [2.24, 2.45) is 0 Å². The monoisotopic (exact) mass is 226 g/mol. The average molecular weight is 226 g/mol. The number of nitrogens with zero attached hydrogens (tertiary/aromatic N) is 1. The first-order chi connectivity index (χ1) is 7.16. The summed E-state index contributed by atoms with van der Waals surface area (Å²) in [6, 6.07) is 0.484. The minimum atomic E-state index is -0.865. The third kappa shape index (κ3) is 2.35. The Kier molecular flexibility index (Phi) is 3.02. The van der Waals surface area contributed by atoms with Crippen LogP contribution in [-0.2, 0) is 6.42 Å². The number of carboxylic acid groups (broad SMARTS) is 1. The highest BCUT2D eigenvalue weighted by Gasteiger charge is 2.19. The van der Waals surface area contributed by atoms with Crippen molar-refractivity contribution < 1.29 is 9.90 Å². The van der Waals surface area contributed by atoms with Crippen LogP contribution in [-0.4, -0.2) is 28.6 Å². The molecule has 2 N–H and O–H groups in total. The molecule has 15 heavy (non-hydrogen) atoms. The average Bonchev–Trinajstić information content (AvgIpc) is 2.75. The van der Waals surface area contributed by atoms with Gasteiger partial charge in [-0.2, -0.15) is 0 Å². The number of thiazole rings is 1. The highest BCUT2D eigenvalue weighted by atomic mass is 32.1. The predicted molar refractivity (Wildman–Crippen MR) is 58.5 cm³/mol. The standard InChI is InChI=1S/C10H14N2O2S/c1-6-9(10(13)14)15-8(12-6)5-7-3-2-4-11-7/h7,11H,2-5H2,1H3,(H,13,14). The number of nitrogens with one attached hydrogen (secondary N) is 1. The SMILES string of the molecule is Cc1nc(CC2CCCN2)sc1C(=O)O. The van der Waals surface area contributed by atoms with E-state index in [1.807, 2.05) is 0 Å². The van der Waals surface area contributed by atoms with Gasteiger partial charge in [-0.25, -0.2) is 9.78 Å². The van der Waals surface area contributed by atoms with Crippen molar-refractivity contribution in [1.29, 1.82) is 0 Å². The second-order valence-corrected chi connectivity index (χ2v) is 4.91. The van der Waals surface area contributed by atoms with Crippen LogP contribution in [0.4, 0.5) is 0 Å². The zero-order valence-electron chi connectivity index (χ0n) is 8.62. The molecule has 1 atom stereocenters. The summed E-state index contributed by atoms with van der Waals surface area (Å²) in [6.45, 7) is 2.83. The number of rotatable bonds is 3. The Balaban J connectivity index is 2.08. The quantitative estimate of drug-likeness (QED) is 0.818. The molecule has 0 aliphatic carbocycles. The molecule has 0 spiro atoms. The van der Waals surface area contributed by atoms with Crippen molar-refractivity contribution in [3.63, 3.8) is 0 Å². The maximum atomic E-state index is 10.8. The van der Waals surface area contributed by atoms with Gasteiger partial charge in [0, 0.05) is 12.5 Å². The normalized spacial score (nSPS) is 20.7. The van der Waals surface area contributed by atoms with E-state index in [0.29, 0.717) is 16.6 Å². The summed E-state index contributed by atoms with van der Waals surface area (Å²) < 4.78 is 0. The van der Waals surface area contributed by atoms with E-state index in [1.165, 1.54) is 24.2 Å². The molecule has 5 heteroatoms. The first-order valence-corrected chi connectivity index (χ1v) is 5.91. The summed E-state index contributed by atoms with van der Waals surface area (Å²) in [4.78, 5) is 15.5. The number of carbonyl (C=O) groups is 1. The van der Waals surface area contributed by atoms with Crippen molar-refractivity contribution >= 4 is 17.3 Å². The molecule has 0 amide bonds. The summed E-state index contributed by atoms with van der Waals surface area (Å²) in [5, 5.41) is 13.2. The fourth-order valence-corrected chi connectivity index (χ4v) is 2.86. The summed E-state index contributed by atoms with van der Waals surface area (Å²) >= 11 is 1.30. The van der Waals surface area contributed by atoms with Gasteiger partial charge in [0.05, 0.1) is 10.7 Å². The lowest BCUT2D eigenvalue weighted by molar-refractivity contribution is 0.0701. The van der Waals surface area contributed by atoms with Crippen LogP contribution in [0, 0.1) is 6.92 Å². The zero-order chi connectivity index (χ0) is 10.8. The van der Waals surface area contributed by atoms with E-state index < -0.39 is 5.97 Å². The Labute approximate surface area is 92.3 Å². The fourth-order valence-electron chi connectivity index (χ4n) is 1.88. The van der Waals surface area contributed by atoms with Crippen LogP contribution in [0.1, 0.15) is 33.2 Å². The van der Waals surface area contributed by atoms with E-state index in [1.54, 1.807) is 6.92 Å². The maximum absolute atomic E-state index is 10.8. The van der Waals surface area contributed by atoms with Crippen LogP contribution in [0.2, 0.25) is 0 Å². The molecule has 1 unspecified atom stereocenters. The van der Waals surface area contributed by atoms with Gasteiger partial charge in [0.2, 0.25) is 0 Å². The van der Waals surface area contributed by atoms with E-state index in [9.17, 15) is 4.79 Å². The van der Waals surface area contributed by atoms with Gasteiger partial charge in [0.25, 0.3) is 0 Å². The van der Waals surface area contributed by atoms with Crippen molar-refractivity contribution in [3.8, 4) is 0 Å². The Hall–Kier alpha value is -0.940. The van der Waals surface area contributed by atoms with Crippen LogP contribution < -0.4 is 5.32 Å². The molecule has 1 aromatic rings. The van der Waals surface area contributed by atoms with Crippen LogP contribution in [0.5, 0.6) is 0 Å². The summed E-state index contributed by atoms with van der Waals surface area (Å²) in [5.74, 6) is -0.865. The van der Waals surface area contributed by atoms with E-state index in [-0.39, 0.29) is 0 Å². The lowest BCUT2D eigenvalue weighted by Crippen LogP contribution is -2.23. The minimum Gasteiger partial charge on any atom is -0.477 e. The topological polar surface area (TPSA) is 62.2 Å². The molecule has 2 heterocycles. The van der Waals surface area contributed by atoms with E-state index >= 15 is 0 Å². The molecule has 1 saturated heterocycles. The number of aryl methyl sites for hydroxylation is 1. The second kappa shape index (κ2) is 4.28. The van der Waals surface area contributed by atoms with Gasteiger partial charge in [-0.3, -0.25) is 0 Å². The van der Waals surface area contributed by atoms with Gasteiger partial charge in [-0.05, 0) is 26.3 Å². The smallest absolute Gasteiger partial charge is 0.347 e. The predicted octanol–water partition coefficient (Wildman–Crippen LogP) is 1.44. The first-order valence-electron chi connectivity index (χ1n) is 5.10. The zero-order valence-corrected chi connectivity index (χ0v) is 9.43. The third-order valence-electron chi connectivity index (χ3n) is 2.62. The number of aromatic carboxylic acids is 1.